The Labute approximate surface area is 192 Å². The van der Waals surface area contributed by atoms with E-state index in [9.17, 15) is 9.50 Å². The molecule has 3 atom stereocenters. The Morgan fingerprint density at radius 1 is 1.03 bits per heavy atom. The molecule has 0 saturated heterocycles. The number of nitrogens with zero attached hydrogens (tertiary/aromatic N) is 4. The maximum atomic E-state index is 15.2. The molecule has 2 aliphatic rings. The quantitative estimate of drug-likeness (QED) is 0.530. The number of aromatic hydroxyl groups is 1. The van der Waals surface area contributed by atoms with Gasteiger partial charge >= 0.3 is 0 Å². The van der Waals surface area contributed by atoms with Crippen molar-refractivity contribution in [3.05, 3.63) is 42.2 Å². The number of fused-ring (bicyclic) bond motifs is 2. The standard InChI is InChI=1S/C25H29F2N5O/c1-24-5-4-6-25(2,14-24)11-16(10-24)32(3)22-9-20(27)23(31-30-22)18-7-19(26)17(8-21(18)33)15-12-28-29-13-15/h7-9,12-13,16,33H,4-6,10-11,14H2,1-3H3,(H,28,29)/t16?,24-,25+. The molecule has 0 aliphatic heterocycles. The summed E-state index contributed by atoms with van der Waals surface area (Å²) in [6.07, 6.45) is 10.0. The number of H-pyrrole nitrogens is 1. The maximum absolute atomic E-state index is 15.2. The molecule has 5 rings (SSSR count). The topological polar surface area (TPSA) is 77.9 Å². The lowest BCUT2D eigenvalue weighted by Crippen LogP contribution is -2.49. The molecule has 6 nitrogen and oxygen atoms in total. The van der Waals surface area contributed by atoms with Gasteiger partial charge in [-0.2, -0.15) is 5.10 Å². The second-order valence-corrected chi connectivity index (χ2v) is 10.6. The van der Waals surface area contributed by atoms with Crippen LogP contribution in [0.3, 0.4) is 0 Å². The minimum Gasteiger partial charge on any atom is -0.507 e. The molecule has 2 saturated carbocycles. The third kappa shape index (κ3) is 3.96. The number of nitrogens with one attached hydrogen (secondary N) is 1. The summed E-state index contributed by atoms with van der Waals surface area (Å²) in [4.78, 5) is 2.03. The minimum atomic E-state index is -0.647. The fourth-order valence-electron chi connectivity index (χ4n) is 6.25. The van der Waals surface area contributed by atoms with Crippen LogP contribution in [-0.4, -0.2) is 38.6 Å². The molecule has 0 spiro atoms. The predicted molar refractivity (Wildman–Crippen MR) is 123 cm³/mol. The number of hydrogen-bond acceptors (Lipinski definition) is 5. The first kappa shape index (κ1) is 21.8. The Bertz CT molecular complexity index is 1170. The van der Waals surface area contributed by atoms with Crippen LogP contribution in [-0.2, 0) is 0 Å². The molecule has 1 unspecified atom stereocenters. The van der Waals surface area contributed by atoms with Gasteiger partial charge in [0.25, 0.3) is 0 Å². The van der Waals surface area contributed by atoms with Crippen molar-refractivity contribution in [2.24, 2.45) is 10.8 Å². The highest BCUT2D eigenvalue weighted by molar-refractivity contribution is 5.74. The largest absolute Gasteiger partial charge is 0.507 e. The molecule has 2 aromatic heterocycles. The van der Waals surface area contributed by atoms with E-state index in [4.69, 9.17) is 0 Å². The summed E-state index contributed by atoms with van der Waals surface area (Å²) < 4.78 is 29.9. The number of aromatic amines is 1. The molecule has 2 aliphatic carbocycles. The molecular formula is C25H29F2N5O. The van der Waals surface area contributed by atoms with Crippen LogP contribution in [0.4, 0.5) is 14.6 Å². The molecule has 2 heterocycles. The predicted octanol–water partition coefficient (Wildman–Crippen LogP) is 5.70. The van der Waals surface area contributed by atoms with Gasteiger partial charge in [0.05, 0.1) is 6.20 Å². The first-order valence-electron chi connectivity index (χ1n) is 11.4. The number of anilines is 1. The van der Waals surface area contributed by atoms with Gasteiger partial charge in [0, 0.05) is 42.0 Å². The van der Waals surface area contributed by atoms with Gasteiger partial charge in [0.2, 0.25) is 0 Å². The normalized spacial score (nSPS) is 26.9. The van der Waals surface area contributed by atoms with Crippen LogP contribution < -0.4 is 4.90 Å². The van der Waals surface area contributed by atoms with E-state index in [2.05, 4.69) is 34.2 Å². The number of phenolic OH excluding ortho intramolecular Hbond substituents is 1. The summed E-state index contributed by atoms with van der Waals surface area (Å²) in [5.41, 5.74) is 1.04. The SMILES string of the molecule is CN(c1cc(F)c(-c2cc(F)c(-c3cn[nH]c3)cc2O)nn1)C1C[C@]2(C)CCC[C@](C)(C1)C2. The summed E-state index contributed by atoms with van der Waals surface area (Å²) in [7, 11) is 1.94. The maximum Gasteiger partial charge on any atom is 0.155 e. The van der Waals surface area contributed by atoms with Gasteiger partial charge in [-0.05, 0) is 55.1 Å². The number of aromatic nitrogens is 4. The molecule has 3 aromatic rings. The van der Waals surface area contributed by atoms with E-state index in [1.165, 1.54) is 50.2 Å². The highest BCUT2D eigenvalue weighted by Gasteiger charge is 2.47. The molecule has 2 N–H and O–H groups in total. The van der Waals surface area contributed by atoms with E-state index in [0.29, 0.717) is 22.2 Å². The molecule has 0 radical (unpaired) electrons. The fraction of sp³-hybridized carbons (Fsp3) is 0.480. The van der Waals surface area contributed by atoms with E-state index in [-0.39, 0.29) is 28.6 Å². The number of phenols is 1. The van der Waals surface area contributed by atoms with Crippen molar-refractivity contribution < 1.29 is 13.9 Å². The van der Waals surface area contributed by atoms with Crippen molar-refractivity contribution in [1.29, 1.82) is 0 Å². The Hall–Kier alpha value is -3.03. The average Bonchev–Trinajstić information content (AvgIpc) is 3.28. The monoisotopic (exact) mass is 453 g/mol. The number of benzene rings is 1. The van der Waals surface area contributed by atoms with E-state index < -0.39 is 11.6 Å². The van der Waals surface area contributed by atoms with E-state index in [0.717, 1.165) is 18.9 Å². The fourth-order valence-corrected chi connectivity index (χ4v) is 6.25. The van der Waals surface area contributed by atoms with E-state index in [1.807, 2.05) is 11.9 Å². The van der Waals surface area contributed by atoms with Gasteiger partial charge in [-0.25, -0.2) is 8.78 Å². The number of rotatable bonds is 4. The minimum absolute atomic E-state index is 0.0360. The highest BCUT2D eigenvalue weighted by Crippen LogP contribution is 2.56. The second-order valence-electron chi connectivity index (χ2n) is 10.6. The molecule has 2 bridgehead atoms. The molecular weight excluding hydrogens is 424 g/mol. The zero-order valence-corrected chi connectivity index (χ0v) is 19.2. The smallest absolute Gasteiger partial charge is 0.155 e. The second kappa shape index (κ2) is 7.78. The lowest BCUT2D eigenvalue weighted by Gasteiger charge is -2.54. The van der Waals surface area contributed by atoms with Crippen LogP contribution in [0, 0.1) is 22.5 Å². The third-order valence-electron chi connectivity index (χ3n) is 7.66. The molecule has 33 heavy (non-hydrogen) atoms. The van der Waals surface area contributed by atoms with E-state index in [1.54, 1.807) is 0 Å². The Kier molecular flexibility index (Phi) is 5.14. The molecule has 8 heteroatoms. The van der Waals surface area contributed by atoms with Crippen LogP contribution >= 0.6 is 0 Å². The lowest BCUT2D eigenvalue weighted by molar-refractivity contribution is 0.0141. The average molecular weight is 454 g/mol. The first-order valence-corrected chi connectivity index (χ1v) is 11.4. The Morgan fingerprint density at radius 3 is 2.39 bits per heavy atom. The van der Waals surface area contributed by atoms with Crippen molar-refractivity contribution in [2.45, 2.75) is 58.4 Å². The summed E-state index contributed by atoms with van der Waals surface area (Å²) in [6.45, 7) is 4.73. The Morgan fingerprint density at radius 2 is 1.76 bits per heavy atom. The van der Waals surface area contributed by atoms with E-state index >= 15 is 4.39 Å². The molecule has 2 fully saturated rings. The molecule has 1 aromatic carbocycles. The summed E-state index contributed by atoms with van der Waals surface area (Å²) in [5, 5.41) is 25.2. The van der Waals surface area contributed by atoms with Gasteiger partial charge < -0.3 is 10.0 Å². The first-order chi connectivity index (χ1) is 15.7. The van der Waals surface area contributed by atoms with Crippen LogP contribution in [0.25, 0.3) is 22.4 Å². The lowest BCUT2D eigenvalue weighted by atomic mass is 9.55. The van der Waals surface area contributed by atoms with Crippen molar-refractivity contribution in [1.82, 2.24) is 20.4 Å². The van der Waals surface area contributed by atoms with Gasteiger partial charge in [0.15, 0.2) is 11.6 Å². The summed E-state index contributed by atoms with van der Waals surface area (Å²) >= 11 is 0. The Balaban J connectivity index is 1.43. The number of hydrogen-bond donors (Lipinski definition) is 2. The van der Waals surface area contributed by atoms with Gasteiger partial charge in [0.1, 0.15) is 17.3 Å². The zero-order valence-electron chi connectivity index (χ0n) is 19.2. The zero-order chi connectivity index (χ0) is 23.4. The van der Waals surface area contributed by atoms with Crippen LogP contribution in [0.15, 0.2) is 30.6 Å². The molecule has 0 amide bonds. The molecule has 174 valence electrons. The van der Waals surface area contributed by atoms with Gasteiger partial charge in [-0.15, -0.1) is 10.2 Å². The number of halogens is 2. The van der Waals surface area contributed by atoms with Crippen LogP contribution in [0.5, 0.6) is 5.75 Å². The highest BCUT2D eigenvalue weighted by atomic mass is 19.1. The van der Waals surface area contributed by atoms with Crippen LogP contribution in [0.2, 0.25) is 0 Å². The van der Waals surface area contributed by atoms with Gasteiger partial charge in [-0.3, -0.25) is 5.10 Å². The van der Waals surface area contributed by atoms with Crippen LogP contribution in [0.1, 0.15) is 52.4 Å². The summed E-state index contributed by atoms with van der Waals surface area (Å²) in [5.74, 6) is -1.08. The van der Waals surface area contributed by atoms with Crippen molar-refractivity contribution in [3.63, 3.8) is 0 Å². The third-order valence-corrected chi connectivity index (χ3v) is 7.66. The summed E-state index contributed by atoms with van der Waals surface area (Å²) in [6, 6.07) is 3.92. The van der Waals surface area contributed by atoms with Gasteiger partial charge in [-0.1, -0.05) is 20.3 Å². The van der Waals surface area contributed by atoms with Crippen molar-refractivity contribution in [3.8, 4) is 28.1 Å². The van der Waals surface area contributed by atoms with Crippen molar-refractivity contribution >= 4 is 5.82 Å². The van der Waals surface area contributed by atoms with Crippen molar-refractivity contribution in [2.75, 3.05) is 11.9 Å².